The molecule has 2 N–H and O–H groups in total. The molecule has 0 bridgehead atoms. The number of benzene rings is 1. The van der Waals surface area contributed by atoms with Gasteiger partial charge >= 0.3 is 0 Å². The molecule has 0 atom stereocenters. The molecule has 1 aromatic rings. The Kier molecular flexibility index (Phi) is 4.81. The van der Waals surface area contributed by atoms with Gasteiger partial charge in [0.25, 0.3) is 0 Å². The third-order valence-electron chi connectivity index (χ3n) is 2.86. The van der Waals surface area contributed by atoms with Gasteiger partial charge in [-0.05, 0) is 48.4 Å². The Morgan fingerprint density at radius 2 is 2.00 bits per heavy atom. The zero-order valence-corrected chi connectivity index (χ0v) is 11.6. The van der Waals surface area contributed by atoms with E-state index < -0.39 is 0 Å². The fourth-order valence-corrected chi connectivity index (χ4v) is 2.30. The van der Waals surface area contributed by atoms with Crippen molar-refractivity contribution in [3.63, 3.8) is 0 Å². The van der Waals surface area contributed by atoms with Crippen molar-refractivity contribution in [2.24, 2.45) is 0 Å². The highest BCUT2D eigenvalue weighted by molar-refractivity contribution is 9.10. The lowest BCUT2D eigenvalue weighted by Crippen LogP contribution is -1.99. The number of rotatable bonds is 4. The number of halogens is 1. The summed E-state index contributed by atoms with van der Waals surface area (Å²) in [7, 11) is 0. The van der Waals surface area contributed by atoms with E-state index >= 15 is 0 Å². The number of aliphatic hydroxyl groups excluding tert-OH is 1. The molecular formula is C13H19BrO2. The molecule has 0 spiro atoms. The van der Waals surface area contributed by atoms with E-state index in [0.717, 1.165) is 21.2 Å². The minimum atomic E-state index is 0.155. The molecule has 0 aliphatic heterocycles. The van der Waals surface area contributed by atoms with E-state index in [9.17, 15) is 5.11 Å². The van der Waals surface area contributed by atoms with Crippen molar-refractivity contribution in [2.75, 3.05) is 6.61 Å². The first kappa shape index (κ1) is 13.5. The molecule has 0 aliphatic carbocycles. The van der Waals surface area contributed by atoms with E-state index in [1.54, 1.807) is 0 Å². The second-order valence-corrected chi connectivity index (χ2v) is 5.24. The van der Waals surface area contributed by atoms with Crippen LogP contribution in [0.2, 0.25) is 0 Å². The van der Waals surface area contributed by atoms with Crippen molar-refractivity contribution < 1.29 is 10.2 Å². The first-order chi connectivity index (χ1) is 7.49. The van der Waals surface area contributed by atoms with Crippen LogP contribution in [0.4, 0.5) is 0 Å². The van der Waals surface area contributed by atoms with Gasteiger partial charge in [0, 0.05) is 11.1 Å². The van der Waals surface area contributed by atoms with E-state index in [1.807, 2.05) is 13.0 Å². The fraction of sp³-hybridized carbons (Fsp3) is 0.538. The normalized spacial score (nSPS) is 11.1. The van der Waals surface area contributed by atoms with Crippen LogP contribution in [0.5, 0.6) is 5.75 Å². The summed E-state index contributed by atoms with van der Waals surface area (Å²) in [6, 6.07) is 1.98. The standard InChI is InChI=1S/C13H19BrO2/c1-8(2)11-7-12(14)9(3)10(13(11)16)5-4-6-15/h7-8,15-16H,4-6H2,1-3H3. The number of hydrogen-bond donors (Lipinski definition) is 2. The highest BCUT2D eigenvalue weighted by atomic mass is 79.9. The van der Waals surface area contributed by atoms with Crippen LogP contribution in [0.1, 0.15) is 42.9 Å². The van der Waals surface area contributed by atoms with Gasteiger partial charge in [-0.25, -0.2) is 0 Å². The number of phenolic OH excluding ortho intramolecular Hbond substituents is 1. The van der Waals surface area contributed by atoms with Crippen LogP contribution >= 0.6 is 15.9 Å². The first-order valence-electron chi connectivity index (χ1n) is 5.60. The average Bonchev–Trinajstić information content (AvgIpc) is 2.23. The van der Waals surface area contributed by atoms with E-state index in [4.69, 9.17) is 5.11 Å². The van der Waals surface area contributed by atoms with Gasteiger partial charge in [-0.15, -0.1) is 0 Å². The lowest BCUT2D eigenvalue weighted by atomic mass is 9.94. The van der Waals surface area contributed by atoms with Gasteiger partial charge in [-0.1, -0.05) is 29.8 Å². The molecule has 16 heavy (non-hydrogen) atoms. The SMILES string of the molecule is Cc1c(Br)cc(C(C)C)c(O)c1CCCO. The Balaban J connectivity index is 3.22. The maximum atomic E-state index is 10.2. The van der Waals surface area contributed by atoms with Crippen LogP contribution in [0, 0.1) is 6.92 Å². The molecule has 3 heteroatoms. The summed E-state index contributed by atoms with van der Waals surface area (Å²) >= 11 is 3.52. The maximum absolute atomic E-state index is 10.2. The molecule has 0 unspecified atom stereocenters. The summed E-state index contributed by atoms with van der Waals surface area (Å²) in [6.45, 7) is 6.27. The zero-order valence-electron chi connectivity index (χ0n) is 10.0. The van der Waals surface area contributed by atoms with Gasteiger partial charge in [0.2, 0.25) is 0 Å². The fourth-order valence-electron chi connectivity index (χ4n) is 1.81. The Bertz CT molecular complexity index is 373. The molecule has 2 nitrogen and oxygen atoms in total. The third kappa shape index (κ3) is 2.77. The summed E-state index contributed by atoms with van der Waals surface area (Å²) in [6.07, 6.45) is 1.40. The lowest BCUT2D eigenvalue weighted by Gasteiger charge is -2.16. The molecule has 1 aromatic carbocycles. The zero-order chi connectivity index (χ0) is 12.3. The first-order valence-corrected chi connectivity index (χ1v) is 6.40. The van der Waals surface area contributed by atoms with Crippen LogP contribution in [0.25, 0.3) is 0 Å². The van der Waals surface area contributed by atoms with Crippen LogP contribution in [0.15, 0.2) is 10.5 Å². The molecular weight excluding hydrogens is 268 g/mol. The minimum absolute atomic E-state index is 0.155. The van der Waals surface area contributed by atoms with Gasteiger partial charge in [0.05, 0.1) is 0 Å². The highest BCUT2D eigenvalue weighted by Gasteiger charge is 2.15. The van der Waals surface area contributed by atoms with Gasteiger partial charge in [-0.3, -0.25) is 0 Å². The highest BCUT2D eigenvalue weighted by Crippen LogP contribution is 2.36. The van der Waals surface area contributed by atoms with Crippen molar-refractivity contribution in [1.82, 2.24) is 0 Å². The minimum Gasteiger partial charge on any atom is -0.507 e. The van der Waals surface area contributed by atoms with Crippen molar-refractivity contribution in [3.8, 4) is 5.75 Å². The molecule has 0 radical (unpaired) electrons. The Morgan fingerprint density at radius 3 is 2.50 bits per heavy atom. The molecule has 0 saturated carbocycles. The second kappa shape index (κ2) is 5.69. The molecule has 0 aliphatic rings. The van der Waals surface area contributed by atoms with E-state index in [0.29, 0.717) is 24.5 Å². The topological polar surface area (TPSA) is 40.5 Å². The Hall–Kier alpha value is -0.540. The molecule has 1 rings (SSSR count). The summed E-state index contributed by atoms with van der Waals surface area (Å²) in [5, 5.41) is 19.1. The second-order valence-electron chi connectivity index (χ2n) is 4.38. The monoisotopic (exact) mass is 286 g/mol. The average molecular weight is 287 g/mol. The number of aliphatic hydroxyl groups is 1. The van der Waals surface area contributed by atoms with E-state index in [1.165, 1.54) is 0 Å². The molecule has 0 amide bonds. The van der Waals surface area contributed by atoms with Gasteiger partial charge in [-0.2, -0.15) is 0 Å². The predicted octanol–water partition coefficient (Wildman–Crippen LogP) is 3.51. The van der Waals surface area contributed by atoms with E-state index in [2.05, 4.69) is 29.8 Å². The largest absolute Gasteiger partial charge is 0.507 e. The molecule has 0 aromatic heterocycles. The molecule has 0 heterocycles. The maximum Gasteiger partial charge on any atom is 0.122 e. The molecule has 0 saturated heterocycles. The predicted molar refractivity (Wildman–Crippen MR) is 70.0 cm³/mol. The van der Waals surface area contributed by atoms with Crippen molar-refractivity contribution in [1.29, 1.82) is 0 Å². The lowest BCUT2D eigenvalue weighted by molar-refractivity contribution is 0.288. The van der Waals surface area contributed by atoms with Crippen LogP contribution in [-0.4, -0.2) is 16.8 Å². The third-order valence-corrected chi connectivity index (χ3v) is 3.68. The molecule has 90 valence electrons. The smallest absolute Gasteiger partial charge is 0.122 e. The quantitative estimate of drug-likeness (QED) is 0.889. The van der Waals surface area contributed by atoms with Crippen LogP contribution in [0.3, 0.4) is 0 Å². The Morgan fingerprint density at radius 1 is 1.38 bits per heavy atom. The van der Waals surface area contributed by atoms with Crippen molar-refractivity contribution >= 4 is 15.9 Å². The van der Waals surface area contributed by atoms with Gasteiger partial charge < -0.3 is 10.2 Å². The number of phenols is 1. The Labute approximate surface area is 105 Å². The van der Waals surface area contributed by atoms with Gasteiger partial charge in [0.1, 0.15) is 5.75 Å². The van der Waals surface area contributed by atoms with Crippen molar-refractivity contribution in [3.05, 3.63) is 27.2 Å². The van der Waals surface area contributed by atoms with Gasteiger partial charge in [0.15, 0.2) is 0 Å². The van der Waals surface area contributed by atoms with Crippen LogP contribution in [-0.2, 0) is 6.42 Å². The van der Waals surface area contributed by atoms with E-state index in [-0.39, 0.29) is 6.61 Å². The summed E-state index contributed by atoms with van der Waals surface area (Å²) in [5.41, 5.74) is 2.98. The summed E-state index contributed by atoms with van der Waals surface area (Å²) in [5.74, 6) is 0.689. The van der Waals surface area contributed by atoms with Crippen LogP contribution < -0.4 is 0 Å². The van der Waals surface area contributed by atoms with Crippen molar-refractivity contribution in [2.45, 2.75) is 39.5 Å². The number of aromatic hydroxyl groups is 1. The molecule has 0 fully saturated rings. The summed E-state index contributed by atoms with van der Waals surface area (Å²) < 4.78 is 1.03. The number of hydrogen-bond acceptors (Lipinski definition) is 2. The summed E-state index contributed by atoms with van der Waals surface area (Å²) in [4.78, 5) is 0.